The summed E-state index contributed by atoms with van der Waals surface area (Å²) in [6.45, 7) is 4.65. The van der Waals surface area contributed by atoms with E-state index in [2.05, 4.69) is 10.4 Å². The lowest BCUT2D eigenvalue weighted by Gasteiger charge is -2.31. The molecular formula is C13H20N4O3S. The summed E-state index contributed by atoms with van der Waals surface area (Å²) in [7, 11) is 0. The van der Waals surface area contributed by atoms with Gasteiger partial charge in [0.25, 0.3) is 0 Å². The lowest BCUT2D eigenvalue weighted by atomic mass is 10.2. The first-order valence-corrected chi connectivity index (χ1v) is 8.02. The Hall–Kier alpha value is -1.54. The number of aliphatic carboxylic acids is 1. The normalized spacial score (nSPS) is 19.7. The number of hydrogen-bond acceptors (Lipinski definition) is 5. The molecule has 1 fully saturated rings. The van der Waals surface area contributed by atoms with Crippen LogP contribution in [0.3, 0.4) is 0 Å². The van der Waals surface area contributed by atoms with Crippen LogP contribution in [0.2, 0.25) is 0 Å². The van der Waals surface area contributed by atoms with E-state index in [1.54, 1.807) is 33.6 Å². The van der Waals surface area contributed by atoms with Gasteiger partial charge < -0.3 is 10.4 Å². The number of hydrogen-bond donors (Lipinski definition) is 2. The SMILES string of the molecule is CC(C)n1nccc1NC(=O)CN1CCSCC1C(=O)O. The number of aromatic nitrogens is 2. The van der Waals surface area contributed by atoms with Crippen molar-refractivity contribution in [3.8, 4) is 0 Å². The number of anilines is 1. The Kier molecular flexibility index (Phi) is 5.24. The molecule has 1 atom stereocenters. The molecule has 1 aromatic heterocycles. The maximum absolute atomic E-state index is 12.1. The Morgan fingerprint density at radius 2 is 2.33 bits per heavy atom. The minimum atomic E-state index is -0.873. The smallest absolute Gasteiger partial charge is 0.321 e. The van der Waals surface area contributed by atoms with Crippen LogP contribution >= 0.6 is 11.8 Å². The Morgan fingerprint density at radius 3 is 3.00 bits per heavy atom. The molecule has 2 heterocycles. The van der Waals surface area contributed by atoms with Crippen LogP contribution in [-0.4, -0.2) is 62.3 Å². The molecular weight excluding hydrogens is 292 g/mol. The average Bonchev–Trinajstić information content (AvgIpc) is 2.87. The quantitative estimate of drug-likeness (QED) is 0.840. The average molecular weight is 312 g/mol. The minimum absolute atomic E-state index is 0.0841. The van der Waals surface area contributed by atoms with Gasteiger partial charge in [0, 0.05) is 30.2 Å². The van der Waals surface area contributed by atoms with Gasteiger partial charge in [-0.25, -0.2) is 4.68 Å². The van der Waals surface area contributed by atoms with E-state index in [4.69, 9.17) is 0 Å². The van der Waals surface area contributed by atoms with Crippen LogP contribution in [0.1, 0.15) is 19.9 Å². The third kappa shape index (κ3) is 3.98. The highest BCUT2D eigenvalue weighted by atomic mass is 32.2. The molecule has 1 aliphatic heterocycles. The van der Waals surface area contributed by atoms with Crippen LogP contribution in [0.4, 0.5) is 5.82 Å². The summed E-state index contributed by atoms with van der Waals surface area (Å²) in [4.78, 5) is 25.0. The molecule has 21 heavy (non-hydrogen) atoms. The van der Waals surface area contributed by atoms with Gasteiger partial charge in [-0.2, -0.15) is 16.9 Å². The van der Waals surface area contributed by atoms with Crippen LogP contribution < -0.4 is 5.32 Å². The maximum Gasteiger partial charge on any atom is 0.321 e. The molecule has 1 saturated heterocycles. The molecule has 2 N–H and O–H groups in total. The Morgan fingerprint density at radius 1 is 1.57 bits per heavy atom. The summed E-state index contributed by atoms with van der Waals surface area (Å²) in [5.74, 6) is 0.916. The first-order valence-electron chi connectivity index (χ1n) is 6.87. The van der Waals surface area contributed by atoms with Gasteiger partial charge in [0.15, 0.2) is 0 Å². The lowest BCUT2D eigenvalue weighted by molar-refractivity contribution is -0.142. The van der Waals surface area contributed by atoms with E-state index < -0.39 is 12.0 Å². The van der Waals surface area contributed by atoms with E-state index in [0.717, 1.165) is 5.75 Å². The molecule has 0 bridgehead atoms. The molecule has 8 heteroatoms. The molecule has 2 rings (SSSR count). The van der Waals surface area contributed by atoms with Crippen molar-refractivity contribution < 1.29 is 14.7 Å². The van der Waals surface area contributed by atoms with Gasteiger partial charge in [0.1, 0.15) is 11.9 Å². The minimum Gasteiger partial charge on any atom is -0.480 e. The van der Waals surface area contributed by atoms with E-state index in [-0.39, 0.29) is 18.5 Å². The number of carboxylic acids is 1. The Bertz CT molecular complexity index is 517. The predicted molar refractivity (Wildman–Crippen MR) is 81.6 cm³/mol. The summed E-state index contributed by atoms with van der Waals surface area (Å²) in [6.07, 6.45) is 1.63. The first kappa shape index (κ1) is 15.8. The maximum atomic E-state index is 12.1. The van der Waals surface area contributed by atoms with Crippen molar-refractivity contribution in [2.45, 2.75) is 25.9 Å². The molecule has 1 amide bonds. The van der Waals surface area contributed by atoms with E-state index in [1.807, 2.05) is 13.8 Å². The highest BCUT2D eigenvalue weighted by molar-refractivity contribution is 7.99. The third-order valence-electron chi connectivity index (χ3n) is 3.30. The van der Waals surface area contributed by atoms with Crippen LogP contribution in [-0.2, 0) is 9.59 Å². The second kappa shape index (κ2) is 6.95. The molecule has 0 aliphatic carbocycles. The summed E-state index contributed by atoms with van der Waals surface area (Å²) < 4.78 is 1.72. The monoisotopic (exact) mass is 312 g/mol. The van der Waals surface area contributed by atoms with Gasteiger partial charge in [0.05, 0.1) is 12.7 Å². The zero-order valence-electron chi connectivity index (χ0n) is 12.2. The fraction of sp³-hybridized carbons (Fsp3) is 0.615. The number of amides is 1. The van der Waals surface area contributed by atoms with Gasteiger partial charge in [-0.05, 0) is 13.8 Å². The molecule has 1 aliphatic rings. The van der Waals surface area contributed by atoms with E-state index in [9.17, 15) is 14.7 Å². The van der Waals surface area contributed by atoms with Crippen molar-refractivity contribution in [2.24, 2.45) is 0 Å². The Balaban J connectivity index is 1.97. The molecule has 0 radical (unpaired) electrons. The zero-order valence-corrected chi connectivity index (χ0v) is 13.0. The Labute approximate surface area is 127 Å². The van der Waals surface area contributed by atoms with Crippen molar-refractivity contribution in [1.29, 1.82) is 0 Å². The van der Waals surface area contributed by atoms with Gasteiger partial charge >= 0.3 is 5.97 Å². The van der Waals surface area contributed by atoms with Crippen molar-refractivity contribution in [3.63, 3.8) is 0 Å². The first-order chi connectivity index (χ1) is 9.99. The topological polar surface area (TPSA) is 87.5 Å². The molecule has 1 unspecified atom stereocenters. The molecule has 0 spiro atoms. The van der Waals surface area contributed by atoms with Crippen molar-refractivity contribution in [3.05, 3.63) is 12.3 Å². The van der Waals surface area contributed by atoms with Crippen LogP contribution in [0.15, 0.2) is 12.3 Å². The van der Waals surface area contributed by atoms with E-state index in [1.165, 1.54) is 0 Å². The second-order valence-corrected chi connectivity index (χ2v) is 6.35. The van der Waals surface area contributed by atoms with E-state index in [0.29, 0.717) is 18.1 Å². The number of thioether (sulfide) groups is 1. The van der Waals surface area contributed by atoms with Crippen molar-refractivity contribution in [2.75, 3.05) is 29.9 Å². The summed E-state index contributed by atoms with van der Waals surface area (Å²) in [5.41, 5.74) is 0. The molecule has 0 aromatic carbocycles. The number of nitrogens with zero attached hydrogens (tertiary/aromatic N) is 3. The summed E-state index contributed by atoms with van der Waals surface area (Å²) in [5, 5.41) is 16.1. The highest BCUT2D eigenvalue weighted by Gasteiger charge is 2.30. The number of carbonyl (C=O) groups excluding carboxylic acids is 1. The standard InChI is InChI=1S/C13H20N4O3S/c1-9(2)17-11(3-4-14-17)15-12(18)7-16-5-6-21-8-10(16)13(19)20/h3-4,9-10H,5-8H2,1-2H3,(H,15,18)(H,19,20). The zero-order chi connectivity index (χ0) is 15.4. The fourth-order valence-electron chi connectivity index (χ4n) is 2.25. The van der Waals surface area contributed by atoms with Crippen LogP contribution in [0.5, 0.6) is 0 Å². The number of rotatable bonds is 5. The largest absolute Gasteiger partial charge is 0.480 e. The second-order valence-electron chi connectivity index (χ2n) is 5.20. The van der Waals surface area contributed by atoms with Gasteiger partial charge in [-0.15, -0.1) is 0 Å². The van der Waals surface area contributed by atoms with Crippen LogP contribution in [0.25, 0.3) is 0 Å². The molecule has 0 saturated carbocycles. The molecule has 7 nitrogen and oxygen atoms in total. The predicted octanol–water partition coefficient (Wildman–Crippen LogP) is 0.905. The number of carbonyl (C=O) groups is 2. The van der Waals surface area contributed by atoms with Gasteiger partial charge in [-0.3, -0.25) is 14.5 Å². The summed E-state index contributed by atoms with van der Waals surface area (Å²) in [6, 6.07) is 1.29. The van der Waals surface area contributed by atoms with Gasteiger partial charge in [-0.1, -0.05) is 0 Å². The lowest BCUT2D eigenvalue weighted by Crippen LogP contribution is -2.50. The molecule has 116 valence electrons. The summed E-state index contributed by atoms with van der Waals surface area (Å²) >= 11 is 1.61. The third-order valence-corrected chi connectivity index (χ3v) is 4.32. The number of nitrogens with one attached hydrogen (secondary N) is 1. The van der Waals surface area contributed by atoms with Crippen molar-refractivity contribution in [1.82, 2.24) is 14.7 Å². The van der Waals surface area contributed by atoms with E-state index >= 15 is 0 Å². The number of carboxylic acid groups (broad SMARTS) is 1. The highest BCUT2D eigenvalue weighted by Crippen LogP contribution is 2.17. The molecule has 1 aromatic rings. The van der Waals surface area contributed by atoms with Crippen molar-refractivity contribution >= 4 is 29.5 Å². The fourth-order valence-corrected chi connectivity index (χ4v) is 3.35. The van der Waals surface area contributed by atoms with Crippen LogP contribution in [0, 0.1) is 0 Å². The van der Waals surface area contributed by atoms with Gasteiger partial charge in [0.2, 0.25) is 5.91 Å².